The number of ether oxygens (including phenoxy) is 3. The van der Waals surface area contributed by atoms with Crippen LogP contribution in [0.3, 0.4) is 0 Å². The smallest absolute Gasteiger partial charge is 0.453 e. The molecular weight excluding hydrogens is 551 g/mol. The first-order valence-electron chi connectivity index (χ1n) is 13.5. The number of halogens is 3. The molecule has 0 aliphatic rings. The third-order valence-corrected chi connectivity index (χ3v) is 6.45. The zero-order valence-corrected chi connectivity index (χ0v) is 23.9. The molecule has 4 rings (SSSR count). The number of anilines is 1. The fraction of sp³-hybridized carbons (Fsp3) is 0.312. The van der Waals surface area contributed by atoms with Crippen LogP contribution in [0.2, 0.25) is 0 Å². The normalized spacial score (nSPS) is 11.7. The van der Waals surface area contributed by atoms with Crippen LogP contribution in [0.5, 0.6) is 23.0 Å². The van der Waals surface area contributed by atoms with Crippen molar-refractivity contribution in [1.29, 1.82) is 0 Å². The number of alkyl halides is 3. The van der Waals surface area contributed by atoms with Gasteiger partial charge in [0, 0.05) is 11.8 Å². The van der Waals surface area contributed by atoms with Crippen LogP contribution in [0.1, 0.15) is 63.3 Å². The van der Waals surface area contributed by atoms with Crippen molar-refractivity contribution in [2.45, 2.75) is 52.6 Å². The molecule has 0 fully saturated rings. The second kappa shape index (κ2) is 12.6. The Bertz CT molecular complexity index is 1620. The van der Waals surface area contributed by atoms with Crippen molar-refractivity contribution in [1.82, 2.24) is 0 Å². The number of para-hydroxylation sites is 3. The summed E-state index contributed by atoms with van der Waals surface area (Å²) >= 11 is 0. The molecule has 0 aliphatic heterocycles. The third-order valence-electron chi connectivity index (χ3n) is 6.45. The highest BCUT2D eigenvalue weighted by atomic mass is 19.4. The molecule has 1 N–H and O–H groups in total. The number of hydrogen-bond acceptors (Lipinski definition) is 6. The lowest BCUT2D eigenvalue weighted by molar-refractivity contribution is -0.154. The average molecular weight is 584 g/mol. The maximum Gasteiger partial charge on any atom is 0.453 e. The predicted molar refractivity (Wildman–Crippen MR) is 154 cm³/mol. The molecule has 0 spiro atoms. The minimum Gasteiger partial charge on any atom is -0.490 e. The zero-order chi connectivity index (χ0) is 30.6. The topological polar surface area (TPSA) is 87.0 Å². The van der Waals surface area contributed by atoms with E-state index in [0.29, 0.717) is 5.69 Å². The SMILES string of the molecule is CCOc1ccccc1Oc1c(C(F)(F)F)oc2cc(OCC(=O)Nc3c(C(C)C)cccc3C(C)C)ccc2c1=O. The lowest BCUT2D eigenvalue weighted by Gasteiger charge is -2.20. The van der Waals surface area contributed by atoms with Crippen LogP contribution in [0.4, 0.5) is 18.9 Å². The number of carbonyl (C=O) groups is 1. The van der Waals surface area contributed by atoms with Gasteiger partial charge < -0.3 is 23.9 Å². The maximum absolute atomic E-state index is 14.0. The van der Waals surface area contributed by atoms with E-state index < -0.39 is 35.6 Å². The summed E-state index contributed by atoms with van der Waals surface area (Å²) in [6.45, 7) is 9.63. The van der Waals surface area contributed by atoms with Gasteiger partial charge in [0.15, 0.2) is 18.1 Å². The Labute approximate surface area is 241 Å². The highest BCUT2D eigenvalue weighted by Crippen LogP contribution is 2.40. The number of rotatable bonds is 10. The van der Waals surface area contributed by atoms with E-state index in [0.717, 1.165) is 17.2 Å². The van der Waals surface area contributed by atoms with Gasteiger partial charge in [0.2, 0.25) is 11.2 Å². The monoisotopic (exact) mass is 583 g/mol. The summed E-state index contributed by atoms with van der Waals surface area (Å²) in [5.74, 6) is -2.59. The van der Waals surface area contributed by atoms with E-state index in [1.807, 2.05) is 45.9 Å². The molecule has 1 aromatic heterocycles. The van der Waals surface area contributed by atoms with Crippen LogP contribution in [0.25, 0.3) is 11.0 Å². The third kappa shape index (κ3) is 6.70. The molecule has 42 heavy (non-hydrogen) atoms. The Kier molecular flexibility index (Phi) is 9.14. The van der Waals surface area contributed by atoms with Crippen molar-refractivity contribution in [2.24, 2.45) is 0 Å². The van der Waals surface area contributed by atoms with Crippen LogP contribution in [0.15, 0.2) is 69.9 Å². The summed E-state index contributed by atoms with van der Waals surface area (Å²) < 4.78 is 63.7. The van der Waals surface area contributed by atoms with E-state index in [4.69, 9.17) is 18.6 Å². The molecule has 7 nitrogen and oxygen atoms in total. The first kappa shape index (κ1) is 30.5. The first-order valence-corrected chi connectivity index (χ1v) is 13.5. The van der Waals surface area contributed by atoms with Crippen molar-refractivity contribution >= 4 is 22.6 Å². The molecule has 0 unspecified atom stereocenters. The Hall–Kier alpha value is -4.47. The van der Waals surface area contributed by atoms with Crippen molar-refractivity contribution in [3.8, 4) is 23.0 Å². The highest BCUT2D eigenvalue weighted by molar-refractivity contribution is 5.94. The highest BCUT2D eigenvalue weighted by Gasteiger charge is 2.40. The predicted octanol–water partition coefficient (Wildman–Crippen LogP) is 8.27. The van der Waals surface area contributed by atoms with Gasteiger partial charge in [-0.3, -0.25) is 9.59 Å². The molecule has 0 atom stereocenters. The Balaban J connectivity index is 1.62. The van der Waals surface area contributed by atoms with Crippen LogP contribution in [-0.4, -0.2) is 19.1 Å². The van der Waals surface area contributed by atoms with Gasteiger partial charge >= 0.3 is 6.18 Å². The molecule has 1 heterocycles. The molecule has 0 saturated carbocycles. The Morgan fingerprint density at radius 1 is 0.905 bits per heavy atom. The van der Waals surface area contributed by atoms with Crippen LogP contribution >= 0.6 is 0 Å². The lowest BCUT2D eigenvalue weighted by atomic mass is 9.92. The van der Waals surface area contributed by atoms with Gasteiger partial charge in [-0.2, -0.15) is 13.2 Å². The second-order valence-corrected chi connectivity index (χ2v) is 10.2. The van der Waals surface area contributed by atoms with Crippen molar-refractivity contribution in [2.75, 3.05) is 18.5 Å². The lowest BCUT2D eigenvalue weighted by Crippen LogP contribution is -2.22. The number of carbonyl (C=O) groups excluding carboxylic acids is 1. The van der Waals surface area contributed by atoms with E-state index in [1.54, 1.807) is 19.1 Å². The second-order valence-electron chi connectivity index (χ2n) is 10.2. The summed E-state index contributed by atoms with van der Waals surface area (Å²) in [6.07, 6.45) is -5.04. The minimum absolute atomic E-state index is 0.0468. The molecular formula is C32H32F3NO6. The molecule has 0 radical (unpaired) electrons. The van der Waals surface area contributed by atoms with E-state index in [1.165, 1.54) is 24.3 Å². The van der Waals surface area contributed by atoms with E-state index in [9.17, 15) is 22.8 Å². The molecule has 0 aliphatic carbocycles. The Morgan fingerprint density at radius 3 is 2.14 bits per heavy atom. The van der Waals surface area contributed by atoms with E-state index >= 15 is 0 Å². The Morgan fingerprint density at radius 2 is 1.55 bits per heavy atom. The summed E-state index contributed by atoms with van der Waals surface area (Å²) in [5.41, 5.74) is 1.27. The fourth-order valence-corrected chi connectivity index (χ4v) is 4.46. The number of benzene rings is 3. The van der Waals surface area contributed by atoms with Gasteiger partial charge in [-0.1, -0.05) is 58.0 Å². The van der Waals surface area contributed by atoms with Gasteiger partial charge in [-0.25, -0.2) is 0 Å². The maximum atomic E-state index is 14.0. The molecule has 10 heteroatoms. The number of amides is 1. The quantitative estimate of drug-likeness (QED) is 0.202. The summed E-state index contributed by atoms with van der Waals surface area (Å²) in [7, 11) is 0. The van der Waals surface area contributed by atoms with Crippen molar-refractivity contribution in [3.05, 3.63) is 87.8 Å². The van der Waals surface area contributed by atoms with E-state index in [2.05, 4.69) is 5.32 Å². The van der Waals surface area contributed by atoms with Gasteiger partial charge in [-0.15, -0.1) is 0 Å². The molecule has 1 amide bonds. The molecule has 4 aromatic rings. The fourth-order valence-electron chi connectivity index (χ4n) is 4.46. The van der Waals surface area contributed by atoms with Gasteiger partial charge in [-0.05, 0) is 54.2 Å². The van der Waals surface area contributed by atoms with Crippen LogP contribution in [-0.2, 0) is 11.0 Å². The number of fused-ring (bicyclic) bond motifs is 1. The molecule has 222 valence electrons. The minimum atomic E-state index is -5.04. The van der Waals surface area contributed by atoms with Crippen molar-refractivity contribution in [3.63, 3.8) is 0 Å². The largest absolute Gasteiger partial charge is 0.490 e. The number of hydrogen-bond donors (Lipinski definition) is 1. The van der Waals surface area contributed by atoms with Crippen molar-refractivity contribution < 1.29 is 36.6 Å². The van der Waals surface area contributed by atoms with Gasteiger partial charge in [0.25, 0.3) is 11.7 Å². The summed E-state index contributed by atoms with van der Waals surface area (Å²) in [4.78, 5) is 26.0. The standard InChI is InChI=1S/C32H32F3NO6/c1-6-39-24-12-7-8-13-25(24)41-30-29(38)23-15-14-20(16-26(23)42-31(30)32(33,34)35)40-17-27(37)36-28-21(18(2)3)10-9-11-22(28)19(4)5/h7-16,18-19H,6,17H2,1-5H3,(H,36,37). The first-order chi connectivity index (χ1) is 19.9. The van der Waals surface area contributed by atoms with Crippen LogP contribution < -0.4 is 25.0 Å². The molecule has 3 aromatic carbocycles. The zero-order valence-electron chi connectivity index (χ0n) is 23.9. The molecule has 0 saturated heterocycles. The molecule has 0 bridgehead atoms. The van der Waals surface area contributed by atoms with Gasteiger partial charge in [0.1, 0.15) is 11.3 Å². The van der Waals surface area contributed by atoms with E-state index in [-0.39, 0.29) is 46.7 Å². The average Bonchev–Trinajstić information content (AvgIpc) is 2.93. The summed E-state index contributed by atoms with van der Waals surface area (Å²) in [5, 5.41) is 2.76. The van der Waals surface area contributed by atoms with Crippen LogP contribution in [0, 0.1) is 0 Å². The van der Waals surface area contributed by atoms with Gasteiger partial charge in [0.05, 0.1) is 12.0 Å². The number of nitrogens with one attached hydrogen (secondary N) is 1. The summed E-state index contributed by atoms with van der Waals surface area (Å²) in [6, 6.07) is 15.7.